The van der Waals surface area contributed by atoms with Crippen LogP contribution in [0.25, 0.3) is 0 Å². The summed E-state index contributed by atoms with van der Waals surface area (Å²) in [4.78, 5) is 0. The molecular weight excluding hydrogens is 232 g/mol. The predicted molar refractivity (Wildman–Crippen MR) is 72.8 cm³/mol. The number of benzene rings is 1. The fourth-order valence-corrected chi connectivity index (χ4v) is 2.70. The van der Waals surface area contributed by atoms with Crippen molar-refractivity contribution < 1.29 is 4.74 Å². The number of hydrogen-bond donors (Lipinski definition) is 0. The van der Waals surface area contributed by atoms with E-state index in [9.17, 15) is 0 Å². The summed E-state index contributed by atoms with van der Waals surface area (Å²) in [5.74, 6) is 1.29. The number of rotatable bonds is 4. The van der Waals surface area contributed by atoms with Crippen LogP contribution in [0.5, 0.6) is 0 Å². The van der Waals surface area contributed by atoms with Crippen molar-refractivity contribution in [2.45, 2.75) is 32.6 Å². The molecule has 2 rings (SSSR count). The standard InChI is InChI=1S/C15H21ClO/c1-12(2)14-5-3-13(4-6-14)9-15(10-16)7-8-17-11-15/h3-6,12H,7-11H2,1-2H3. The highest BCUT2D eigenvalue weighted by molar-refractivity contribution is 6.18. The number of ether oxygens (including phenoxy) is 1. The van der Waals surface area contributed by atoms with Crippen LogP contribution in [0.15, 0.2) is 24.3 Å². The first kappa shape index (κ1) is 12.9. The van der Waals surface area contributed by atoms with E-state index in [1.54, 1.807) is 0 Å². The van der Waals surface area contributed by atoms with Crippen molar-refractivity contribution in [2.24, 2.45) is 5.41 Å². The average Bonchev–Trinajstić information content (AvgIpc) is 2.79. The zero-order chi connectivity index (χ0) is 12.3. The highest BCUT2D eigenvalue weighted by Gasteiger charge is 2.34. The largest absolute Gasteiger partial charge is 0.381 e. The first-order valence-corrected chi connectivity index (χ1v) is 6.91. The minimum Gasteiger partial charge on any atom is -0.381 e. The van der Waals surface area contributed by atoms with E-state index in [0.29, 0.717) is 11.8 Å². The van der Waals surface area contributed by atoms with Gasteiger partial charge in [-0.3, -0.25) is 0 Å². The van der Waals surface area contributed by atoms with E-state index in [-0.39, 0.29) is 5.41 Å². The molecule has 1 atom stereocenters. The maximum Gasteiger partial charge on any atom is 0.0537 e. The van der Waals surface area contributed by atoms with Gasteiger partial charge in [-0.25, -0.2) is 0 Å². The highest BCUT2D eigenvalue weighted by atomic mass is 35.5. The molecular formula is C15H21ClO. The van der Waals surface area contributed by atoms with Gasteiger partial charge in [-0.15, -0.1) is 11.6 Å². The molecule has 0 aromatic heterocycles. The highest BCUT2D eigenvalue weighted by Crippen LogP contribution is 2.34. The van der Waals surface area contributed by atoms with Gasteiger partial charge in [-0.05, 0) is 29.9 Å². The second-order valence-electron chi connectivity index (χ2n) is 5.51. The van der Waals surface area contributed by atoms with Crippen molar-refractivity contribution >= 4 is 11.6 Å². The lowest BCUT2D eigenvalue weighted by Gasteiger charge is -2.24. The monoisotopic (exact) mass is 252 g/mol. The Hall–Kier alpha value is -0.530. The molecule has 1 fully saturated rings. The lowest BCUT2D eigenvalue weighted by molar-refractivity contribution is 0.161. The van der Waals surface area contributed by atoms with Gasteiger partial charge in [0.15, 0.2) is 0 Å². The summed E-state index contributed by atoms with van der Waals surface area (Å²) in [6.07, 6.45) is 2.12. The summed E-state index contributed by atoms with van der Waals surface area (Å²) >= 11 is 6.12. The van der Waals surface area contributed by atoms with Crippen molar-refractivity contribution in [2.75, 3.05) is 19.1 Å². The molecule has 1 aliphatic heterocycles. The molecule has 1 aromatic carbocycles. The fraction of sp³-hybridized carbons (Fsp3) is 0.600. The smallest absolute Gasteiger partial charge is 0.0537 e. The predicted octanol–water partition coefficient (Wildman–Crippen LogP) is 4.00. The Morgan fingerprint density at radius 1 is 1.29 bits per heavy atom. The maximum absolute atomic E-state index is 6.12. The van der Waals surface area contributed by atoms with Crippen LogP contribution in [0.2, 0.25) is 0 Å². The molecule has 0 radical (unpaired) electrons. The first-order chi connectivity index (χ1) is 8.15. The van der Waals surface area contributed by atoms with Crippen LogP contribution in [0, 0.1) is 5.41 Å². The van der Waals surface area contributed by atoms with E-state index in [1.807, 2.05) is 0 Å². The minimum absolute atomic E-state index is 0.168. The Labute approximate surface area is 109 Å². The third-order valence-corrected chi connectivity index (χ3v) is 4.26. The summed E-state index contributed by atoms with van der Waals surface area (Å²) in [5.41, 5.74) is 2.94. The molecule has 1 nitrogen and oxygen atoms in total. The van der Waals surface area contributed by atoms with Gasteiger partial charge in [0.1, 0.15) is 0 Å². The molecule has 1 unspecified atom stereocenters. The summed E-state index contributed by atoms with van der Waals surface area (Å²) in [6, 6.07) is 8.94. The van der Waals surface area contributed by atoms with Crippen LogP contribution in [0.1, 0.15) is 37.3 Å². The van der Waals surface area contributed by atoms with E-state index in [2.05, 4.69) is 38.1 Å². The van der Waals surface area contributed by atoms with Crippen LogP contribution < -0.4 is 0 Å². The fourth-order valence-electron chi connectivity index (χ4n) is 2.39. The minimum atomic E-state index is 0.168. The zero-order valence-electron chi connectivity index (χ0n) is 10.7. The molecule has 0 saturated carbocycles. The van der Waals surface area contributed by atoms with Gasteiger partial charge < -0.3 is 4.74 Å². The Bertz CT molecular complexity index is 350. The molecule has 17 heavy (non-hydrogen) atoms. The molecule has 2 heteroatoms. The average molecular weight is 253 g/mol. The van der Waals surface area contributed by atoms with Crippen LogP contribution in [-0.2, 0) is 11.2 Å². The van der Waals surface area contributed by atoms with Crippen LogP contribution >= 0.6 is 11.6 Å². The lowest BCUT2D eigenvalue weighted by Crippen LogP contribution is -2.26. The van der Waals surface area contributed by atoms with Crippen LogP contribution in [0.4, 0.5) is 0 Å². The Kier molecular flexibility index (Phi) is 4.11. The van der Waals surface area contributed by atoms with E-state index in [1.165, 1.54) is 11.1 Å². The van der Waals surface area contributed by atoms with Gasteiger partial charge in [0.2, 0.25) is 0 Å². The van der Waals surface area contributed by atoms with Gasteiger partial charge >= 0.3 is 0 Å². The Morgan fingerprint density at radius 2 is 2.00 bits per heavy atom. The van der Waals surface area contributed by atoms with Gasteiger partial charge in [0, 0.05) is 17.9 Å². The molecule has 1 heterocycles. The third-order valence-electron chi connectivity index (χ3n) is 3.69. The normalized spacial score (nSPS) is 24.5. The Balaban J connectivity index is 2.07. The van der Waals surface area contributed by atoms with Crippen molar-refractivity contribution in [3.63, 3.8) is 0 Å². The second kappa shape index (κ2) is 5.41. The summed E-state index contributed by atoms with van der Waals surface area (Å²) in [5, 5.41) is 0. The lowest BCUT2D eigenvalue weighted by atomic mass is 9.82. The van der Waals surface area contributed by atoms with Gasteiger partial charge in [-0.2, -0.15) is 0 Å². The molecule has 1 aliphatic rings. The quantitative estimate of drug-likeness (QED) is 0.736. The van der Waals surface area contributed by atoms with Crippen molar-refractivity contribution in [1.82, 2.24) is 0 Å². The Morgan fingerprint density at radius 3 is 2.47 bits per heavy atom. The number of hydrogen-bond acceptors (Lipinski definition) is 1. The van der Waals surface area contributed by atoms with Crippen LogP contribution in [-0.4, -0.2) is 19.1 Å². The van der Waals surface area contributed by atoms with Gasteiger partial charge in [0.05, 0.1) is 6.61 Å². The molecule has 0 bridgehead atoms. The number of alkyl halides is 1. The SMILES string of the molecule is CC(C)c1ccc(CC2(CCl)CCOC2)cc1. The molecule has 0 N–H and O–H groups in total. The van der Waals surface area contributed by atoms with E-state index in [4.69, 9.17) is 16.3 Å². The van der Waals surface area contributed by atoms with E-state index in [0.717, 1.165) is 26.1 Å². The summed E-state index contributed by atoms with van der Waals surface area (Å²) < 4.78 is 5.50. The summed E-state index contributed by atoms with van der Waals surface area (Å²) in [7, 11) is 0. The maximum atomic E-state index is 6.12. The van der Waals surface area contributed by atoms with Gasteiger partial charge in [0.25, 0.3) is 0 Å². The van der Waals surface area contributed by atoms with Crippen molar-refractivity contribution in [3.8, 4) is 0 Å². The second-order valence-corrected chi connectivity index (χ2v) is 5.78. The molecule has 0 amide bonds. The van der Waals surface area contributed by atoms with E-state index < -0.39 is 0 Å². The molecule has 0 spiro atoms. The summed E-state index contributed by atoms with van der Waals surface area (Å²) in [6.45, 7) is 6.11. The first-order valence-electron chi connectivity index (χ1n) is 6.38. The molecule has 94 valence electrons. The molecule has 0 aliphatic carbocycles. The molecule has 1 aromatic rings. The zero-order valence-corrected chi connectivity index (χ0v) is 11.5. The third kappa shape index (κ3) is 3.02. The van der Waals surface area contributed by atoms with Gasteiger partial charge in [-0.1, -0.05) is 38.1 Å². The topological polar surface area (TPSA) is 9.23 Å². The molecule has 1 saturated heterocycles. The van der Waals surface area contributed by atoms with Crippen molar-refractivity contribution in [1.29, 1.82) is 0 Å². The van der Waals surface area contributed by atoms with Crippen LogP contribution in [0.3, 0.4) is 0 Å². The van der Waals surface area contributed by atoms with E-state index >= 15 is 0 Å². The van der Waals surface area contributed by atoms with Crippen molar-refractivity contribution in [3.05, 3.63) is 35.4 Å². The number of halogens is 1.